The number of nitrogens with zero attached hydrogens (tertiary/aromatic N) is 1. The zero-order valence-corrected chi connectivity index (χ0v) is 15.5. The summed E-state index contributed by atoms with van der Waals surface area (Å²) in [5.41, 5.74) is 2.73. The van der Waals surface area contributed by atoms with Crippen LogP contribution in [0.4, 0.5) is 4.39 Å². The van der Waals surface area contributed by atoms with E-state index in [0.717, 1.165) is 16.9 Å². The molecule has 0 unspecified atom stereocenters. The van der Waals surface area contributed by atoms with E-state index in [1.807, 2.05) is 31.2 Å². The maximum absolute atomic E-state index is 13.7. The van der Waals surface area contributed by atoms with Crippen LogP contribution in [-0.2, 0) is 17.8 Å². The lowest BCUT2D eigenvalue weighted by Gasteiger charge is -2.15. The first-order valence-corrected chi connectivity index (χ1v) is 8.53. The second kappa shape index (κ2) is 10.4. The van der Waals surface area contributed by atoms with Gasteiger partial charge in [0.05, 0.1) is 6.61 Å². The molecule has 2 N–H and O–H groups in total. The number of halogens is 1. The molecule has 0 saturated carbocycles. The molecule has 0 spiro atoms. The van der Waals surface area contributed by atoms with Crippen molar-refractivity contribution in [2.45, 2.75) is 20.0 Å². The van der Waals surface area contributed by atoms with Crippen LogP contribution in [0.3, 0.4) is 0 Å². The quantitative estimate of drug-likeness (QED) is 0.432. The summed E-state index contributed by atoms with van der Waals surface area (Å²) in [5.74, 6) is 1.18. The van der Waals surface area contributed by atoms with Crippen molar-refractivity contribution in [3.63, 3.8) is 0 Å². The summed E-state index contributed by atoms with van der Waals surface area (Å²) < 4.78 is 24.5. The maximum Gasteiger partial charge on any atom is 0.191 e. The van der Waals surface area contributed by atoms with E-state index in [-0.39, 0.29) is 5.82 Å². The molecule has 0 fully saturated rings. The van der Waals surface area contributed by atoms with Crippen LogP contribution in [0, 0.1) is 12.7 Å². The zero-order valence-electron chi connectivity index (χ0n) is 15.5. The van der Waals surface area contributed by atoms with E-state index < -0.39 is 0 Å². The Morgan fingerprint density at radius 1 is 1.04 bits per heavy atom. The SMILES string of the molecule is CN=C(NCc1ccccc1F)NCc1ccc(C)cc1OCCOC. The smallest absolute Gasteiger partial charge is 0.191 e. The van der Waals surface area contributed by atoms with E-state index in [9.17, 15) is 4.39 Å². The van der Waals surface area contributed by atoms with Crippen molar-refractivity contribution in [1.82, 2.24) is 10.6 Å². The number of rotatable bonds is 8. The van der Waals surface area contributed by atoms with Gasteiger partial charge in [0.25, 0.3) is 0 Å². The highest BCUT2D eigenvalue weighted by Crippen LogP contribution is 2.20. The van der Waals surface area contributed by atoms with Crippen molar-refractivity contribution < 1.29 is 13.9 Å². The number of ether oxygens (including phenoxy) is 2. The second-order valence-corrected chi connectivity index (χ2v) is 5.82. The third-order valence-corrected chi connectivity index (χ3v) is 3.84. The minimum absolute atomic E-state index is 0.234. The number of hydrogen-bond acceptors (Lipinski definition) is 3. The summed E-state index contributed by atoms with van der Waals surface area (Å²) in [6.45, 7) is 3.95. The van der Waals surface area contributed by atoms with Gasteiger partial charge in [-0.2, -0.15) is 0 Å². The number of guanidine groups is 1. The Morgan fingerprint density at radius 3 is 2.46 bits per heavy atom. The second-order valence-electron chi connectivity index (χ2n) is 5.82. The molecule has 0 atom stereocenters. The molecule has 26 heavy (non-hydrogen) atoms. The van der Waals surface area contributed by atoms with E-state index in [1.165, 1.54) is 6.07 Å². The molecule has 0 heterocycles. The molecule has 0 radical (unpaired) electrons. The first-order valence-electron chi connectivity index (χ1n) is 8.53. The van der Waals surface area contributed by atoms with Gasteiger partial charge in [0.2, 0.25) is 0 Å². The molecule has 0 aromatic heterocycles. The number of methoxy groups -OCH3 is 1. The topological polar surface area (TPSA) is 54.9 Å². The zero-order chi connectivity index (χ0) is 18.8. The van der Waals surface area contributed by atoms with Crippen LogP contribution in [0.5, 0.6) is 5.75 Å². The van der Waals surface area contributed by atoms with Crippen molar-refractivity contribution in [2.24, 2.45) is 4.99 Å². The van der Waals surface area contributed by atoms with Gasteiger partial charge in [-0.3, -0.25) is 4.99 Å². The third-order valence-electron chi connectivity index (χ3n) is 3.84. The van der Waals surface area contributed by atoms with Crippen LogP contribution >= 0.6 is 0 Å². The monoisotopic (exact) mass is 359 g/mol. The molecule has 6 heteroatoms. The highest BCUT2D eigenvalue weighted by molar-refractivity contribution is 5.79. The molecular formula is C20H26FN3O2. The fraction of sp³-hybridized carbons (Fsp3) is 0.350. The van der Waals surface area contributed by atoms with E-state index in [4.69, 9.17) is 9.47 Å². The van der Waals surface area contributed by atoms with Crippen molar-refractivity contribution in [1.29, 1.82) is 0 Å². The van der Waals surface area contributed by atoms with Crippen LogP contribution in [0.1, 0.15) is 16.7 Å². The van der Waals surface area contributed by atoms with Gasteiger partial charge in [-0.1, -0.05) is 30.3 Å². The van der Waals surface area contributed by atoms with Crippen LogP contribution in [0.15, 0.2) is 47.5 Å². The minimum Gasteiger partial charge on any atom is -0.491 e. The van der Waals surface area contributed by atoms with Gasteiger partial charge in [0.15, 0.2) is 5.96 Å². The van der Waals surface area contributed by atoms with Gasteiger partial charge in [0, 0.05) is 38.4 Å². The molecule has 5 nitrogen and oxygen atoms in total. The molecule has 140 valence electrons. The van der Waals surface area contributed by atoms with Gasteiger partial charge < -0.3 is 20.1 Å². The lowest BCUT2D eigenvalue weighted by Crippen LogP contribution is -2.36. The average Bonchev–Trinajstić information content (AvgIpc) is 2.64. The molecule has 2 rings (SSSR count). The summed E-state index contributed by atoms with van der Waals surface area (Å²) in [5, 5.41) is 6.35. The predicted octanol–water partition coefficient (Wildman–Crippen LogP) is 3.02. The Bertz CT molecular complexity index is 735. The number of nitrogens with one attached hydrogen (secondary N) is 2. The van der Waals surface area contributed by atoms with E-state index >= 15 is 0 Å². The summed E-state index contributed by atoms with van der Waals surface area (Å²) in [6.07, 6.45) is 0. The van der Waals surface area contributed by atoms with Gasteiger partial charge in [-0.05, 0) is 24.6 Å². The molecule has 0 saturated heterocycles. The van der Waals surface area contributed by atoms with Gasteiger partial charge in [-0.25, -0.2) is 4.39 Å². The molecule has 0 amide bonds. The largest absolute Gasteiger partial charge is 0.491 e. The fourth-order valence-electron chi connectivity index (χ4n) is 2.40. The molecular weight excluding hydrogens is 333 g/mol. The normalized spacial score (nSPS) is 11.3. The summed E-state index contributed by atoms with van der Waals surface area (Å²) in [6, 6.07) is 12.7. The van der Waals surface area contributed by atoms with Crippen molar-refractivity contribution in [2.75, 3.05) is 27.4 Å². The van der Waals surface area contributed by atoms with Gasteiger partial charge in [-0.15, -0.1) is 0 Å². The third kappa shape index (κ3) is 6.04. The fourth-order valence-corrected chi connectivity index (χ4v) is 2.40. The predicted molar refractivity (Wildman–Crippen MR) is 102 cm³/mol. The summed E-state index contributed by atoms with van der Waals surface area (Å²) in [4.78, 5) is 4.18. The molecule has 2 aromatic carbocycles. The van der Waals surface area contributed by atoms with Crippen molar-refractivity contribution in [3.05, 3.63) is 65.0 Å². The highest BCUT2D eigenvalue weighted by Gasteiger charge is 2.07. The maximum atomic E-state index is 13.7. The highest BCUT2D eigenvalue weighted by atomic mass is 19.1. The van der Waals surface area contributed by atoms with Crippen LogP contribution in [0.25, 0.3) is 0 Å². The minimum atomic E-state index is -0.234. The Balaban J connectivity index is 1.94. The Morgan fingerprint density at radius 2 is 1.77 bits per heavy atom. The average molecular weight is 359 g/mol. The number of benzene rings is 2. The lowest BCUT2D eigenvalue weighted by molar-refractivity contribution is 0.145. The number of hydrogen-bond donors (Lipinski definition) is 2. The molecule has 0 aliphatic carbocycles. The Labute approximate surface area is 154 Å². The Kier molecular flexibility index (Phi) is 7.89. The van der Waals surface area contributed by atoms with E-state index in [0.29, 0.717) is 37.8 Å². The molecule has 0 bridgehead atoms. The van der Waals surface area contributed by atoms with Crippen LogP contribution in [-0.4, -0.2) is 33.3 Å². The lowest BCUT2D eigenvalue weighted by atomic mass is 10.1. The molecule has 2 aromatic rings. The van der Waals surface area contributed by atoms with Crippen molar-refractivity contribution >= 4 is 5.96 Å². The summed E-state index contributed by atoms with van der Waals surface area (Å²) in [7, 11) is 3.33. The van der Waals surface area contributed by atoms with E-state index in [1.54, 1.807) is 26.3 Å². The molecule has 0 aliphatic heterocycles. The van der Waals surface area contributed by atoms with Crippen LogP contribution in [0.2, 0.25) is 0 Å². The standard InChI is InChI=1S/C20H26FN3O2/c1-15-8-9-17(19(12-15)26-11-10-25-3)14-24-20(22-2)23-13-16-6-4-5-7-18(16)21/h4-9,12H,10-11,13-14H2,1-3H3,(H2,22,23,24). The first-order chi connectivity index (χ1) is 12.6. The Hall–Kier alpha value is -2.60. The number of aryl methyl sites for hydroxylation is 1. The molecule has 0 aliphatic rings. The van der Waals surface area contributed by atoms with Crippen LogP contribution < -0.4 is 15.4 Å². The van der Waals surface area contributed by atoms with Gasteiger partial charge >= 0.3 is 0 Å². The number of aliphatic imine (C=N–C) groups is 1. The summed E-state index contributed by atoms with van der Waals surface area (Å²) >= 11 is 0. The van der Waals surface area contributed by atoms with Gasteiger partial charge in [0.1, 0.15) is 18.2 Å². The van der Waals surface area contributed by atoms with E-state index in [2.05, 4.69) is 15.6 Å². The van der Waals surface area contributed by atoms with Crippen molar-refractivity contribution in [3.8, 4) is 5.75 Å². The first kappa shape index (κ1) is 19.7.